The van der Waals surface area contributed by atoms with E-state index in [2.05, 4.69) is 21.0 Å². The molecule has 2 aliphatic rings. The highest BCUT2D eigenvalue weighted by Gasteiger charge is 2.35. The van der Waals surface area contributed by atoms with E-state index < -0.39 is 35.8 Å². The molecule has 40 heavy (non-hydrogen) atoms. The molecular formula is C28H42F2N6O4. The van der Waals surface area contributed by atoms with Gasteiger partial charge < -0.3 is 26.2 Å². The van der Waals surface area contributed by atoms with Crippen molar-refractivity contribution in [1.29, 1.82) is 0 Å². The highest BCUT2D eigenvalue weighted by molar-refractivity contribution is 5.95. The quantitative estimate of drug-likeness (QED) is 0.342. The first-order valence-corrected chi connectivity index (χ1v) is 13.9. The van der Waals surface area contributed by atoms with Gasteiger partial charge in [-0.05, 0) is 75.8 Å². The van der Waals surface area contributed by atoms with Crippen LogP contribution in [0.2, 0.25) is 0 Å². The minimum atomic E-state index is -0.987. The molecule has 2 fully saturated rings. The van der Waals surface area contributed by atoms with E-state index in [9.17, 15) is 18.8 Å². The molecule has 4 atom stereocenters. The Morgan fingerprint density at radius 1 is 1.23 bits per heavy atom. The fraction of sp³-hybridized carbons (Fsp3) is 0.607. The van der Waals surface area contributed by atoms with Gasteiger partial charge in [0.05, 0.1) is 24.7 Å². The molecule has 1 aliphatic carbocycles. The largest absolute Gasteiger partial charge is 0.339 e. The first-order valence-electron chi connectivity index (χ1n) is 13.9. The summed E-state index contributed by atoms with van der Waals surface area (Å²) in [5.74, 6) is -2.19. The molecule has 222 valence electrons. The number of anilines is 1. The molecule has 1 aromatic rings. The lowest BCUT2D eigenvalue weighted by Gasteiger charge is -2.40. The van der Waals surface area contributed by atoms with Crippen molar-refractivity contribution < 1.29 is 28.0 Å². The number of benzene rings is 1. The second-order valence-corrected chi connectivity index (χ2v) is 10.7. The molecule has 0 unspecified atom stereocenters. The van der Waals surface area contributed by atoms with Crippen LogP contribution in [-0.2, 0) is 14.4 Å². The molecule has 3 rings (SSSR count). The van der Waals surface area contributed by atoms with Gasteiger partial charge in [-0.1, -0.05) is 13.0 Å². The number of amides is 4. The van der Waals surface area contributed by atoms with Gasteiger partial charge in [0.1, 0.15) is 11.9 Å². The monoisotopic (exact) mass is 564 g/mol. The van der Waals surface area contributed by atoms with Gasteiger partial charge >= 0.3 is 6.03 Å². The number of carbonyl (C=O) groups excluding carboxylic acids is 3. The van der Waals surface area contributed by atoms with Crippen molar-refractivity contribution in [3.8, 4) is 0 Å². The maximum atomic E-state index is 15.2. The SMILES string of the molecule is CCONC(=O)N[C@@H](C(=O)N1CCN(C)[C@H](C)C1)[C@@H](C)c1ccc(NC(=O)[C@@H](N)C2CCC(=CF)CC2)c(F)c1. The number of hydroxylamine groups is 1. The molecule has 0 bridgehead atoms. The average molecular weight is 565 g/mol. The first-order chi connectivity index (χ1) is 19.0. The zero-order valence-corrected chi connectivity index (χ0v) is 23.7. The van der Waals surface area contributed by atoms with Crippen LogP contribution in [0.25, 0.3) is 0 Å². The van der Waals surface area contributed by atoms with Gasteiger partial charge in [0.15, 0.2) is 0 Å². The third-order valence-electron chi connectivity index (χ3n) is 8.05. The number of hydrogen-bond acceptors (Lipinski definition) is 6. The summed E-state index contributed by atoms with van der Waals surface area (Å²) in [5.41, 5.74) is 9.54. The summed E-state index contributed by atoms with van der Waals surface area (Å²) >= 11 is 0. The highest BCUT2D eigenvalue weighted by atomic mass is 19.1. The number of carbonyl (C=O) groups is 3. The van der Waals surface area contributed by atoms with Crippen molar-refractivity contribution in [2.24, 2.45) is 11.7 Å². The topological polar surface area (TPSA) is 129 Å². The van der Waals surface area contributed by atoms with E-state index in [0.29, 0.717) is 62.8 Å². The Labute approximate surface area is 234 Å². The van der Waals surface area contributed by atoms with Crippen LogP contribution in [0.15, 0.2) is 30.1 Å². The minimum absolute atomic E-state index is 0.0330. The number of rotatable bonds is 9. The predicted molar refractivity (Wildman–Crippen MR) is 148 cm³/mol. The lowest BCUT2D eigenvalue weighted by molar-refractivity contribution is -0.136. The van der Waals surface area contributed by atoms with E-state index in [1.54, 1.807) is 24.8 Å². The van der Waals surface area contributed by atoms with Crippen LogP contribution >= 0.6 is 0 Å². The standard InChI is InChI=1S/C28H42F2N6O4/c1-5-40-34-28(39)33-25(27(38)36-13-12-35(4)17(2)16-36)18(3)21-10-11-23(22(30)14-21)32-26(37)24(31)20-8-6-19(15-29)7-9-20/h10-11,14-15,17-18,20,24-25H,5-9,12-13,16,31H2,1-4H3,(H,32,37)(H2,33,34,39)/t17-,18+,20?,24+,25-/m1/s1. The Bertz CT molecular complexity index is 1080. The molecule has 1 saturated carbocycles. The Balaban J connectivity index is 1.73. The number of nitrogens with one attached hydrogen (secondary N) is 3. The number of allylic oxidation sites excluding steroid dienone is 1. The zero-order chi connectivity index (χ0) is 29.4. The molecule has 12 heteroatoms. The van der Waals surface area contributed by atoms with E-state index in [-0.39, 0.29) is 30.2 Å². The highest BCUT2D eigenvalue weighted by Crippen LogP contribution is 2.31. The van der Waals surface area contributed by atoms with Crippen LogP contribution < -0.4 is 21.8 Å². The third kappa shape index (κ3) is 7.98. The number of halogens is 2. The van der Waals surface area contributed by atoms with E-state index in [0.717, 1.165) is 0 Å². The molecule has 1 saturated heterocycles. The predicted octanol–water partition coefficient (Wildman–Crippen LogP) is 3.02. The summed E-state index contributed by atoms with van der Waals surface area (Å²) < 4.78 is 27.9. The van der Waals surface area contributed by atoms with Gasteiger partial charge in [0.25, 0.3) is 0 Å². The molecule has 0 spiro atoms. The number of piperazine rings is 1. The minimum Gasteiger partial charge on any atom is -0.338 e. The second-order valence-electron chi connectivity index (χ2n) is 10.7. The van der Waals surface area contributed by atoms with Gasteiger partial charge in [0, 0.05) is 31.6 Å². The first kappa shape index (κ1) is 31.4. The smallest absolute Gasteiger partial charge is 0.338 e. The van der Waals surface area contributed by atoms with Crippen molar-refractivity contribution in [1.82, 2.24) is 20.6 Å². The Morgan fingerprint density at radius 2 is 1.93 bits per heavy atom. The summed E-state index contributed by atoms with van der Waals surface area (Å²) in [6, 6.07) is 1.93. The second kappa shape index (κ2) is 14.5. The molecule has 4 amide bonds. The van der Waals surface area contributed by atoms with Gasteiger partial charge in [-0.3, -0.25) is 14.4 Å². The van der Waals surface area contributed by atoms with Crippen LogP contribution in [-0.4, -0.2) is 79.1 Å². The summed E-state index contributed by atoms with van der Waals surface area (Å²) in [4.78, 5) is 47.6. The van der Waals surface area contributed by atoms with Crippen LogP contribution in [0.5, 0.6) is 0 Å². The molecule has 1 aliphatic heterocycles. The third-order valence-corrected chi connectivity index (χ3v) is 8.05. The van der Waals surface area contributed by atoms with Crippen molar-refractivity contribution in [2.75, 3.05) is 38.6 Å². The Morgan fingerprint density at radius 3 is 2.52 bits per heavy atom. The fourth-order valence-corrected chi connectivity index (χ4v) is 5.17. The van der Waals surface area contributed by atoms with Gasteiger partial charge in [0.2, 0.25) is 11.8 Å². The summed E-state index contributed by atoms with van der Waals surface area (Å²) in [5, 5.41) is 5.25. The van der Waals surface area contributed by atoms with E-state index in [4.69, 9.17) is 10.6 Å². The van der Waals surface area contributed by atoms with E-state index in [1.165, 1.54) is 12.1 Å². The van der Waals surface area contributed by atoms with E-state index in [1.807, 2.05) is 14.0 Å². The Hall–Kier alpha value is -3.09. The molecule has 1 aromatic carbocycles. The molecule has 1 heterocycles. The maximum absolute atomic E-state index is 15.2. The lowest BCUT2D eigenvalue weighted by atomic mass is 9.82. The molecule has 0 aromatic heterocycles. The van der Waals surface area contributed by atoms with Gasteiger partial charge in [-0.25, -0.2) is 19.1 Å². The molecular weight excluding hydrogens is 522 g/mol. The normalized spacial score (nSPS) is 22.2. The van der Waals surface area contributed by atoms with Crippen molar-refractivity contribution in [3.05, 3.63) is 41.5 Å². The van der Waals surface area contributed by atoms with Crippen molar-refractivity contribution >= 4 is 23.5 Å². The maximum Gasteiger partial charge on any atom is 0.339 e. The molecule has 5 N–H and O–H groups in total. The Kier molecular flexibility index (Phi) is 11.4. The number of nitrogens with two attached hydrogens (primary N) is 1. The summed E-state index contributed by atoms with van der Waals surface area (Å²) in [7, 11) is 1.99. The summed E-state index contributed by atoms with van der Waals surface area (Å²) in [6.07, 6.45) is 2.90. The number of likely N-dealkylation sites (N-methyl/N-ethyl adjacent to an activating group) is 1. The lowest BCUT2D eigenvalue weighted by Crippen LogP contribution is -2.59. The van der Waals surface area contributed by atoms with Crippen LogP contribution in [0.4, 0.5) is 19.3 Å². The number of nitrogens with zero attached hydrogens (tertiary/aromatic N) is 2. The zero-order valence-electron chi connectivity index (χ0n) is 23.7. The average Bonchev–Trinajstić information content (AvgIpc) is 2.96. The van der Waals surface area contributed by atoms with Crippen LogP contribution in [0.1, 0.15) is 57.9 Å². The molecule has 10 nitrogen and oxygen atoms in total. The van der Waals surface area contributed by atoms with Gasteiger partial charge in [-0.15, -0.1) is 0 Å². The number of urea groups is 1. The van der Waals surface area contributed by atoms with Crippen molar-refractivity contribution in [3.63, 3.8) is 0 Å². The van der Waals surface area contributed by atoms with E-state index >= 15 is 4.39 Å². The molecule has 0 radical (unpaired) electrons. The van der Waals surface area contributed by atoms with Crippen LogP contribution in [0, 0.1) is 11.7 Å². The summed E-state index contributed by atoms with van der Waals surface area (Å²) in [6.45, 7) is 7.41. The fourth-order valence-electron chi connectivity index (χ4n) is 5.17. The van der Waals surface area contributed by atoms with Crippen molar-refractivity contribution in [2.45, 2.75) is 70.5 Å². The van der Waals surface area contributed by atoms with Crippen LogP contribution in [0.3, 0.4) is 0 Å². The number of hydrogen-bond donors (Lipinski definition) is 4. The van der Waals surface area contributed by atoms with Gasteiger partial charge in [-0.2, -0.15) is 0 Å².